The Morgan fingerprint density at radius 2 is 2.14 bits per heavy atom. The molecule has 11 heteroatoms. The number of nitrogens with zero attached hydrogens (tertiary/aromatic N) is 5. The Kier molecular flexibility index (Phi) is 5.68. The number of amides is 1. The number of piperidine rings is 1. The van der Waals surface area contributed by atoms with Crippen LogP contribution in [-0.4, -0.2) is 82.0 Å². The van der Waals surface area contributed by atoms with Crippen molar-refractivity contribution in [3.63, 3.8) is 0 Å². The summed E-state index contributed by atoms with van der Waals surface area (Å²) in [6.07, 6.45) is 2.60. The normalized spacial score (nSPS) is 28.0. The monoisotopic (exact) mass is 456 g/mol. The molecule has 0 radical (unpaired) electrons. The first-order valence-electron chi connectivity index (χ1n) is 9.31. The number of aromatic nitrogens is 4. The molecule has 0 saturated carbocycles. The van der Waals surface area contributed by atoms with E-state index in [9.17, 15) is 9.90 Å². The number of rotatable bonds is 4. The molecule has 10 nitrogen and oxygen atoms in total. The summed E-state index contributed by atoms with van der Waals surface area (Å²) in [5.41, 5.74) is 6.80. The first-order valence-corrected chi connectivity index (χ1v) is 12.2. The predicted molar refractivity (Wildman–Crippen MR) is 102 cm³/mol. The fourth-order valence-corrected chi connectivity index (χ4v) is 4.96. The standard InChI is InChI=1S/C17H24N6O4Se/c1-28-7-10-12(24)13(27-17(25)22-5-3-2-4-6-22)16(26-10)23-9-21-11-14(18)19-8-20-15(11)23/h8-10,12-13,16,24H,2-7H2,1H3,(H2,18,19,20)/t10-,12?,13+,16-/m1/s1. The van der Waals surface area contributed by atoms with Gasteiger partial charge in [-0.15, -0.1) is 0 Å². The first-order chi connectivity index (χ1) is 13.6. The second kappa shape index (κ2) is 8.20. The van der Waals surface area contributed by atoms with Crippen molar-refractivity contribution in [3.05, 3.63) is 12.7 Å². The Labute approximate surface area is 168 Å². The number of nitrogen functional groups attached to an aromatic ring is 1. The molecule has 1 unspecified atom stereocenters. The van der Waals surface area contributed by atoms with E-state index in [1.54, 1.807) is 9.47 Å². The fraction of sp³-hybridized carbons (Fsp3) is 0.647. The summed E-state index contributed by atoms with van der Waals surface area (Å²) in [4.78, 5) is 26.8. The number of aliphatic hydroxyl groups is 1. The Bertz CT molecular complexity index is 842. The molecule has 4 heterocycles. The molecule has 2 aliphatic heterocycles. The molecule has 2 aromatic rings. The summed E-state index contributed by atoms with van der Waals surface area (Å²) in [5, 5.41) is 11.5. The number of fused-ring (bicyclic) bond motifs is 1. The summed E-state index contributed by atoms with van der Waals surface area (Å²) >= 11 is 0.297. The molecule has 28 heavy (non-hydrogen) atoms. The maximum absolute atomic E-state index is 12.7. The van der Waals surface area contributed by atoms with Crippen LogP contribution in [0.5, 0.6) is 0 Å². The van der Waals surface area contributed by atoms with Crippen molar-refractivity contribution in [1.82, 2.24) is 24.4 Å². The topological polar surface area (TPSA) is 129 Å². The Balaban J connectivity index is 1.62. The molecular formula is C17H24N6O4Se. The zero-order chi connectivity index (χ0) is 19.7. The SMILES string of the molecule is C[Se]C[C@H]1O[C@@H](n2cnc3c(N)ncnc32)[C@@H](OC(=O)N2CCCCC2)C1O. The molecule has 0 bridgehead atoms. The van der Waals surface area contributed by atoms with Gasteiger partial charge in [0, 0.05) is 0 Å². The molecule has 4 rings (SSSR count). The van der Waals surface area contributed by atoms with E-state index in [1.165, 1.54) is 12.7 Å². The first kappa shape index (κ1) is 19.4. The zero-order valence-corrected chi connectivity index (χ0v) is 17.3. The van der Waals surface area contributed by atoms with Gasteiger partial charge in [0.25, 0.3) is 0 Å². The van der Waals surface area contributed by atoms with Gasteiger partial charge >= 0.3 is 168 Å². The third-order valence-corrected chi connectivity index (χ3v) is 6.54. The van der Waals surface area contributed by atoms with Crippen molar-refractivity contribution >= 4 is 38.0 Å². The Hall–Kier alpha value is -1.94. The molecule has 0 aromatic carbocycles. The van der Waals surface area contributed by atoms with E-state index < -0.39 is 30.6 Å². The Morgan fingerprint density at radius 1 is 1.36 bits per heavy atom. The number of carbonyl (C=O) groups is 1. The number of imidazole rings is 1. The number of hydrogen-bond acceptors (Lipinski definition) is 8. The second-order valence-electron chi connectivity index (χ2n) is 6.99. The van der Waals surface area contributed by atoms with Crippen molar-refractivity contribution in [1.29, 1.82) is 0 Å². The molecule has 2 fully saturated rings. The van der Waals surface area contributed by atoms with Crippen LogP contribution >= 0.6 is 0 Å². The predicted octanol–water partition coefficient (Wildman–Crippen LogP) is 0.828. The number of nitrogens with two attached hydrogens (primary N) is 1. The van der Waals surface area contributed by atoms with E-state index in [-0.39, 0.29) is 5.82 Å². The van der Waals surface area contributed by atoms with E-state index in [4.69, 9.17) is 15.2 Å². The van der Waals surface area contributed by atoms with Crippen LogP contribution in [0, 0.1) is 0 Å². The van der Waals surface area contributed by atoms with Crippen molar-refractivity contribution in [2.45, 2.75) is 54.9 Å². The van der Waals surface area contributed by atoms with E-state index in [1.807, 2.05) is 0 Å². The van der Waals surface area contributed by atoms with Gasteiger partial charge in [-0.1, -0.05) is 0 Å². The second-order valence-corrected chi connectivity index (χ2v) is 8.90. The van der Waals surface area contributed by atoms with Crippen LogP contribution in [0.15, 0.2) is 12.7 Å². The molecule has 152 valence electrons. The van der Waals surface area contributed by atoms with Gasteiger partial charge in [-0.25, -0.2) is 0 Å². The number of likely N-dealkylation sites (tertiary alicyclic amines) is 1. The van der Waals surface area contributed by atoms with Gasteiger partial charge < -0.3 is 0 Å². The molecule has 2 aromatic heterocycles. The number of hydrogen-bond donors (Lipinski definition) is 2. The summed E-state index contributed by atoms with van der Waals surface area (Å²) in [5.74, 6) is 2.34. The van der Waals surface area contributed by atoms with E-state index in [0.29, 0.717) is 44.5 Å². The molecule has 0 aliphatic carbocycles. The van der Waals surface area contributed by atoms with Gasteiger partial charge in [0.15, 0.2) is 0 Å². The summed E-state index contributed by atoms with van der Waals surface area (Å²) in [7, 11) is 0. The van der Waals surface area contributed by atoms with Crippen LogP contribution in [0.1, 0.15) is 25.5 Å². The third kappa shape index (κ3) is 3.55. The van der Waals surface area contributed by atoms with Gasteiger partial charge in [0.2, 0.25) is 0 Å². The van der Waals surface area contributed by atoms with Gasteiger partial charge in [-0.2, -0.15) is 0 Å². The summed E-state index contributed by atoms with van der Waals surface area (Å²) in [6.45, 7) is 1.35. The average Bonchev–Trinajstić information content (AvgIpc) is 3.26. The molecule has 2 saturated heterocycles. The van der Waals surface area contributed by atoms with Crippen molar-refractivity contribution in [3.8, 4) is 0 Å². The average molecular weight is 455 g/mol. The molecule has 0 spiro atoms. The molecule has 4 atom stereocenters. The summed E-state index contributed by atoms with van der Waals surface area (Å²) in [6, 6.07) is 0. The van der Waals surface area contributed by atoms with Crippen molar-refractivity contribution in [2.24, 2.45) is 0 Å². The third-order valence-electron chi connectivity index (χ3n) is 5.16. The van der Waals surface area contributed by atoms with Gasteiger partial charge in [0.1, 0.15) is 0 Å². The minimum absolute atomic E-state index is 0.262. The van der Waals surface area contributed by atoms with E-state index >= 15 is 0 Å². The molecule has 1 amide bonds. The maximum atomic E-state index is 12.7. The van der Waals surface area contributed by atoms with Crippen LogP contribution in [0.2, 0.25) is 11.1 Å². The van der Waals surface area contributed by atoms with Crippen molar-refractivity contribution in [2.75, 3.05) is 18.8 Å². The Morgan fingerprint density at radius 3 is 2.89 bits per heavy atom. The van der Waals surface area contributed by atoms with E-state index in [2.05, 4.69) is 20.8 Å². The van der Waals surface area contributed by atoms with Crippen LogP contribution < -0.4 is 5.73 Å². The molecule has 3 N–H and O–H groups in total. The van der Waals surface area contributed by atoms with Crippen molar-refractivity contribution < 1.29 is 19.4 Å². The van der Waals surface area contributed by atoms with Crippen LogP contribution in [0.25, 0.3) is 11.2 Å². The number of ether oxygens (including phenoxy) is 2. The minimum atomic E-state index is -0.919. The molecular weight excluding hydrogens is 431 g/mol. The van der Waals surface area contributed by atoms with Crippen LogP contribution in [0.3, 0.4) is 0 Å². The van der Waals surface area contributed by atoms with Gasteiger partial charge in [-0.05, 0) is 0 Å². The van der Waals surface area contributed by atoms with Gasteiger partial charge in [-0.3, -0.25) is 0 Å². The number of anilines is 1. The number of aliphatic hydroxyl groups excluding tert-OH is 1. The zero-order valence-electron chi connectivity index (χ0n) is 15.6. The van der Waals surface area contributed by atoms with E-state index in [0.717, 1.165) is 19.3 Å². The van der Waals surface area contributed by atoms with Gasteiger partial charge in [0.05, 0.1) is 0 Å². The summed E-state index contributed by atoms with van der Waals surface area (Å²) < 4.78 is 13.5. The van der Waals surface area contributed by atoms with Crippen LogP contribution in [0.4, 0.5) is 10.6 Å². The number of carbonyl (C=O) groups excluding carboxylic acids is 1. The fourth-order valence-electron chi connectivity index (χ4n) is 3.69. The molecule has 2 aliphatic rings. The quantitative estimate of drug-likeness (QED) is 0.649. The van der Waals surface area contributed by atoms with Crippen LogP contribution in [-0.2, 0) is 9.47 Å².